The fraction of sp³-hybridized carbons (Fsp3) is 0.538. The molecular formula is C26H36N2O2. The van der Waals surface area contributed by atoms with E-state index in [1.807, 2.05) is 18.2 Å². The number of hydrogen-bond acceptors (Lipinski definition) is 4. The zero-order valence-corrected chi connectivity index (χ0v) is 18.2. The minimum atomic E-state index is -0.595. The maximum absolute atomic E-state index is 11.6. The first-order valence-corrected chi connectivity index (χ1v) is 11.5. The van der Waals surface area contributed by atoms with Crippen LogP contribution in [0.1, 0.15) is 55.6 Å². The molecule has 4 nitrogen and oxygen atoms in total. The van der Waals surface area contributed by atoms with Gasteiger partial charge < -0.3 is 20.1 Å². The molecule has 1 saturated carbocycles. The lowest BCUT2D eigenvalue weighted by Crippen LogP contribution is -2.44. The molecule has 1 saturated heterocycles. The van der Waals surface area contributed by atoms with E-state index in [-0.39, 0.29) is 5.92 Å². The molecule has 1 aliphatic carbocycles. The van der Waals surface area contributed by atoms with E-state index in [0.717, 1.165) is 51.1 Å². The number of ether oxygens (including phenoxy) is 1. The van der Waals surface area contributed by atoms with Crippen molar-refractivity contribution in [2.45, 2.75) is 62.7 Å². The molecule has 0 radical (unpaired) electrons. The Morgan fingerprint density at radius 1 is 1.07 bits per heavy atom. The molecule has 2 aromatic carbocycles. The van der Waals surface area contributed by atoms with Gasteiger partial charge in [-0.25, -0.2) is 0 Å². The monoisotopic (exact) mass is 408 g/mol. The first-order valence-electron chi connectivity index (χ1n) is 11.5. The molecule has 0 amide bonds. The Morgan fingerprint density at radius 2 is 1.80 bits per heavy atom. The first-order chi connectivity index (χ1) is 14.7. The van der Waals surface area contributed by atoms with Crippen LogP contribution in [0.4, 0.5) is 0 Å². The minimum Gasteiger partial charge on any atom is -0.489 e. The summed E-state index contributed by atoms with van der Waals surface area (Å²) in [5.74, 6) is 1.03. The Balaban J connectivity index is 1.46. The Hall–Kier alpha value is -1.88. The van der Waals surface area contributed by atoms with Crippen LogP contribution in [0.2, 0.25) is 0 Å². The summed E-state index contributed by atoms with van der Waals surface area (Å²) in [4.78, 5) is 2.53. The Labute approximate surface area is 181 Å². The number of hydrogen-bond donors (Lipinski definition) is 2. The van der Waals surface area contributed by atoms with Gasteiger partial charge in [0.1, 0.15) is 12.4 Å². The van der Waals surface area contributed by atoms with Crippen molar-refractivity contribution in [2.75, 3.05) is 26.7 Å². The molecule has 2 fully saturated rings. The van der Waals surface area contributed by atoms with Gasteiger partial charge in [-0.1, -0.05) is 61.7 Å². The summed E-state index contributed by atoms with van der Waals surface area (Å²) in [6.07, 6.45) is 6.51. The van der Waals surface area contributed by atoms with Gasteiger partial charge in [-0.2, -0.15) is 0 Å². The smallest absolute Gasteiger partial charge is 0.119 e. The number of likely N-dealkylation sites (tertiary alicyclic amines) is 1. The molecule has 2 atom stereocenters. The maximum atomic E-state index is 11.6. The van der Waals surface area contributed by atoms with Gasteiger partial charge in [-0.05, 0) is 56.1 Å². The van der Waals surface area contributed by atoms with Crippen molar-refractivity contribution in [3.8, 4) is 5.75 Å². The third-order valence-electron chi connectivity index (χ3n) is 7.02. The highest BCUT2D eigenvalue weighted by Crippen LogP contribution is 2.41. The van der Waals surface area contributed by atoms with Crippen LogP contribution in [0.25, 0.3) is 0 Å². The zero-order chi connectivity index (χ0) is 20.8. The van der Waals surface area contributed by atoms with Crippen LogP contribution in [0, 0.1) is 0 Å². The molecule has 1 heterocycles. The number of likely N-dealkylation sites (N-methyl/N-ethyl adjacent to an activating group) is 1. The summed E-state index contributed by atoms with van der Waals surface area (Å²) in [6, 6.07) is 19.3. The van der Waals surface area contributed by atoms with E-state index in [1.54, 1.807) is 0 Å². The summed E-state index contributed by atoms with van der Waals surface area (Å²) >= 11 is 0. The molecule has 30 heavy (non-hydrogen) atoms. The van der Waals surface area contributed by atoms with E-state index in [2.05, 4.69) is 53.7 Å². The fourth-order valence-electron chi connectivity index (χ4n) is 5.13. The van der Waals surface area contributed by atoms with Crippen molar-refractivity contribution >= 4 is 0 Å². The molecule has 2 aliphatic rings. The van der Waals surface area contributed by atoms with Gasteiger partial charge in [0, 0.05) is 25.0 Å². The van der Waals surface area contributed by atoms with Gasteiger partial charge in [0.25, 0.3) is 0 Å². The highest BCUT2D eigenvalue weighted by atomic mass is 16.5. The summed E-state index contributed by atoms with van der Waals surface area (Å²) in [5.41, 5.74) is 1.81. The number of aliphatic hydroxyl groups is 1. The summed E-state index contributed by atoms with van der Waals surface area (Å²) in [7, 11) is 2.05. The second-order valence-electron chi connectivity index (χ2n) is 9.09. The first kappa shape index (κ1) is 21.4. The highest BCUT2D eigenvalue weighted by Gasteiger charge is 2.40. The Kier molecular flexibility index (Phi) is 7.08. The molecule has 1 unspecified atom stereocenters. The topological polar surface area (TPSA) is 44.7 Å². The van der Waals surface area contributed by atoms with Crippen molar-refractivity contribution < 1.29 is 9.84 Å². The number of nitrogens with one attached hydrogen (secondary N) is 1. The van der Waals surface area contributed by atoms with E-state index in [1.165, 1.54) is 24.0 Å². The van der Waals surface area contributed by atoms with Crippen molar-refractivity contribution in [3.05, 3.63) is 65.7 Å². The van der Waals surface area contributed by atoms with Crippen LogP contribution in [-0.4, -0.2) is 48.3 Å². The van der Waals surface area contributed by atoms with Gasteiger partial charge in [0.15, 0.2) is 0 Å². The molecule has 4 heteroatoms. The second kappa shape index (κ2) is 9.95. The lowest BCUT2D eigenvalue weighted by Gasteiger charge is -2.41. The van der Waals surface area contributed by atoms with Crippen molar-refractivity contribution in [1.29, 1.82) is 0 Å². The molecule has 0 bridgehead atoms. The van der Waals surface area contributed by atoms with Crippen LogP contribution in [0.3, 0.4) is 0 Å². The van der Waals surface area contributed by atoms with Crippen molar-refractivity contribution in [2.24, 2.45) is 0 Å². The minimum absolute atomic E-state index is 0.150. The number of nitrogens with zero attached hydrogens (tertiary/aromatic N) is 1. The van der Waals surface area contributed by atoms with Gasteiger partial charge in [-0.15, -0.1) is 0 Å². The largest absolute Gasteiger partial charge is 0.489 e. The normalized spacial score (nSPS) is 22.7. The maximum Gasteiger partial charge on any atom is 0.119 e. The lowest BCUT2D eigenvalue weighted by molar-refractivity contribution is -0.0295. The van der Waals surface area contributed by atoms with Gasteiger partial charge >= 0.3 is 0 Å². The molecule has 0 spiro atoms. The summed E-state index contributed by atoms with van der Waals surface area (Å²) in [6.45, 7) is 3.68. The molecule has 0 aromatic heterocycles. The standard InChI is InChI=1S/C26H36N2O2/c1-27-23-14-17-28(18-23)19-25(26(29)15-6-3-7-16-26)22-10-12-24(13-11-22)30-20-21-8-4-2-5-9-21/h2,4-5,8-13,23,25,27,29H,3,6-7,14-20H2,1H3/t23-,25?/m0/s1. The molecule has 1 aliphatic heterocycles. The molecule has 2 aromatic rings. The van der Waals surface area contributed by atoms with E-state index in [9.17, 15) is 5.11 Å². The lowest BCUT2D eigenvalue weighted by atomic mass is 9.72. The predicted molar refractivity (Wildman–Crippen MR) is 122 cm³/mol. The molecule has 2 N–H and O–H groups in total. The van der Waals surface area contributed by atoms with Crippen LogP contribution < -0.4 is 10.1 Å². The van der Waals surface area contributed by atoms with Gasteiger partial charge in [0.05, 0.1) is 5.60 Å². The van der Waals surface area contributed by atoms with E-state index in [4.69, 9.17) is 4.74 Å². The second-order valence-corrected chi connectivity index (χ2v) is 9.09. The van der Waals surface area contributed by atoms with Crippen LogP contribution in [-0.2, 0) is 6.61 Å². The highest BCUT2D eigenvalue weighted by molar-refractivity contribution is 5.32. The quantitative estimate of drug-likeness (QED) is 0.682. The average Bonchev–Trinajstić information content (AvgIpc) is 3.26. The average molecular weight is 409 g/mol. The third-order valence-corrected chi connectivity index (χ3v) is 7.02. The van der Waals surface area contributed by atoms with Crippen LogP contribution in [0.15, 0.2) is 54.6 Å². The summed E-state index contributed by atoms with van der Waals surface area (Å²) < 4.78 is 5.98. The Bertz CT molecular complexity index is 771. The van der Waals surface area contributed by atoms with Crippen molar-refractivity contribution in [3.63, 3.8) is 0 Å². The van der Waals surface area contributed by atoms with Crippen LogP contribution in [0.5, 0.6) is 5.75 Å². The molecule has 162 valence electrons. The van der Waals surface area contributed by atoms with E-state index in [0.29, 0.717) is 12.6 Å². The summed E-state index contributed by atoms with van der Waals surface area (Å²) in [5, 5.41) is 15.0. The number of benzene rings is 2. The third kappa shape index (κ3) is 5.23. The zero-order valence-electron chi connectivity index (χ0n) is 18.2. The Morgan fingerprint density at radius 3 is 2.47 bits per heavy atom. The van der Waals surface area contributed by atoms with Gasteiger partial charge in [-0.3, -0.25) is 0 Å². The molecular weight excluding hydrogens is 372 g/mol. The SMILES string of the molecule is CN[C@H]1CCN(CC(c2ccc(OCc3ccccc3)cc2)C2(O)CCCCC2)C1. The molecule has 4 rings (SSSR count). The predicted octanol–water partition coefficient (Wildman–Crippen LogP) is 4.34. The fourth-order valence-corrected chi connectivity index (χ4v) is 5.13. The van der Waals surface area contributed by atoms with E-state index < -0.39 is 5.60 Å². The van der Waals surface area contributed by atoms with Crippen molar-refractivity contribution in [1.82, 2.24) is 10.2 Å². The van der Waals surface area contributed by atoms with Gasteiger partial charge in [0.2, 0.25) is 0 Å². The van der Waals surface area contributed by atoms with E-state index >= 15 is 0 Å². The number of rotatable bonds is 8. The van der Waals surface area contributed by atoms with Crippen LogP contribution >= 0.6 is 0 Å².